The van der Waals surface area contributed by atoms with Gasteiger partial charge in [-0.15, -0.1) is 0 Å². The van der Waals surface area contributed by atoms with E-state index < -0.39 is 5.82 Å². The molecular formula is C13H22FN4O2+. The molecule has 0 atom stereocenters. The normalized spacial score (nSPS) is 10.7. The van der Waals surface area contributed by atoms with Crippen molar-refractivity contribution < 1.29 is 14.2 Å². The molecule has 0 saturated carbocycles. The maximum Gasteiger partial charge on any atom is 0.342 e. The van der Waals surface area contributed by atoms with Crippen molar-refractivity contribution in [1.29, 1.82) is 0 Å². The second kappa shape index (κ2) is 7.04. The van der Waals surface area contributed by atoms with E-state index in [1.807, 2.05) is 14.1 Å². The highest BCUT2D eigenvalue weighted by molar-refractivity contribution is 5.67. The number of nitrogens with two attached hydrogens (primary N) is 1. The van der Waals surface area contributed by atoms with Crippen LogP contribution < -0.4 is 10.6 Å². The van der Waals surface area contributed by atoms with Gasteiger partial charge in [-0.25, -0.2) is 9.23 Å². The van der Waals surface area contributed by atoms with E-state index >= 15 is 0 Å². The summed E-state index contributed by atoms with van der Waals surface area (Å²) in [5, 5.41) is 0. The maximum atomic E-state index is 14.0. The summed E-state index contributed by atoms with van der Waals surface area (Å²) in [5.74, 6) is -0.501. The molecule has 0 unspecified atom stereocenters. The number of nitrogen functional groups attached to an aromatic ring is 1. The third-order valence-corrected chi connectivity index (χ3v) is 2.97. The third kappa shape index (κ3) is 4.06. The van der Waals surface area contributed by atoms with Crippen LogP contribution in [0.15, 0.2) is 12.1 Å². The monoisotopic (exact) mass is 285 g/mol. The van der Waals surface area contributed by atoms with E-state index in [9.17, 15) is 9.30 Å². The Morgan fingerprint density at radius 2 is 1.95 bits per heavy atom. The van der Waals surface area contributed by atoms with Gasteiger partial charge in [0.05, 0.1) is 16.7 Å². The predicted octanol–water partition coefficient (Wildman–Crippen LogP) is 1.77. The summed E-state index contributed by atoms with van der Waals surface area (Å²) in [6, 6.07) is 2.54. The Labute approximate surface area is 118 Å². The summed E-state index contributed by atoms with van der Waals surface area (Å²) in [6.45, 7) is 1.61. The van der Waals surface area contributed by atoms with Gasteiger partial charge in [0.2, 0.25) is 0 Å². The third-order valence-electron chi connectivity index (χ3n) is 2.97. The number of hydrogen-bond acceptors (Lipinski definition) is 5. The number of nitrogens with zero attached hydrogens (tertiary/aromatic N) is 3. The largest absolute Gasteiger partial charge is 0.393 e. The molecule has 0 spiro atoms. The minimum atomic E-state index is -0.501. The molecule has 20 heavy (non-hydrogen) atoms. The number of hydrogen-bond donors (Lipinski definition) is 1. The summed E-state index contributed by atoms with van der Waals surface area (Å²) in [7, 11) is 6.96. The average molecular weight is 285 g/mol. The molecule has 0 aromatic heterocycles. The van der Waals surface area contributed by atoms with Crippen molar-refractivity contribution in [2.24, 2.45) is 0 Å². The van der Waals surface area contributed by atoms with E-state index in [-0.39, 0.29) is 16.3 Å². The zero-order valence-corrected chi connectivity index (χ0v) is 12.4. The van der Waals surface area contributed by atoms with Crippen LogP contribution in [-0.4, -0.2) is 51.2 Å². The molecular weight excluding hydrogens is 263 g/mol. The van der Waals surface area contributed by atoms with Crippen LogP contribution in [0.4, 0.5) is 21.5 Å². The van der Waals surface area contributed by atoms with Crippen molar-refractivity contribution in [2.45, 2.75) is 6.42 Å². The lowest BCUT2D eigenvalue weighted by Gasteiger charge is -2.21. The summed E-state index contributed by atoms with van der Waals surface area (Å²) in [4.78, 5) is 19.9. The topological polar surface area (TPSA) is 61.8 Å². The SMILES string of the molecule is CO[N+](=O)c1cc(F)c(N(C)CCCN(C)C)cc1N. The Morgan fingerprint density at radius 3 is 2.50 bits per heavy atom. The molecule has 0 heterocycles. The number of halogens is 1. The van der Waals surface area contributed by atoms with Crippen molar-refractivity contribution >= 4 is 17.1 Å². The van der Waals surface area contributed by atoms with Gasteiger partial charge in [-0.3, -0.25) is 0 Å². The Morgan fingerprint density at radius 1 is 1.30 bits per heavy atom. The quantitative estimate of drug-likeness (QED) is 0.611. The number of anilines is 2. The second-order valence-corrected chi connectivity index (χ2v) is 4.88. The molecule has 0 radical (unpaired) electrons. The number of rotatable bonds is 7. The molecule has 1 aromatic rings. The van der Waals surface area contributed by atoms with Gasteiger partial charge in [0, 0.05) is 13.6 Å². The van der Waals surface area contributed by atoms with Gasteiger partial charge in [-0.1, -0.05) is 0 Å². The highest BCUT2D eigenvalue weighted by atomic mass is 19.1. The Bertz CT molecular complexity index is 480. The Kier molecular flexibility index (Phi) is 5.69. The van der Waals surface area contributed by atoms with Crippen LogP contribution in [0.25, 0.3) is 0 Å². The summed E-state index contributed by atoms with van der Waals surface area (Å²) < 4.78 is 14.0. The number of benzene rings is 1. The first-order chi connectivity index (χ1) is 9.36. The predicted molar refractivity (Wildman–Crippen MR) is 77.5 cm³/mol. The molecule has 6 nitrogen and oxygen atoms in total. The van der Waals surface area contributed by atoms with Gasteiger partial charge in [0.25, 0.3) is 4.92 Å². The molecule has 1 aromatic carbocycles. The van der Waals surface area contributed by atoms with E-state index in [4.69, 9.17) is 5.73 Å². The van der Waals surface area contributed by atoms with E-state index in [0.717, 1.165) is 19.0 Å². The highest BCUT2D eigenvalue weighted by Gasteiger charge is 2.23. The zero-order valence-electron chi connectivity index (χ0n) is 12.4. The molecule has 0 fully saturated rings. The van der Waals surface area contributed by atoms with Crippen molar-refractivity contribution in [2.75, 3.05) is 52.0 Å². The van der Waals surface area contributed by atoms with E-state index in [1.165, 1.54) is 13.2 Å². The van der Waals surface area contributed by atoms with Gasteiger partial charge >= 0.3 is 5.69 Å². The van der Waals surface area contributed by atoms with E-state index in [1.54, 1.807) is 11.9 Å². The van der Waals surface area contributed by atoms with Crippen LogP contribution in [0.5, 0.6) is 0 Å². The van der Waals surface area contributed by atoms with Crippen molar-refractivity contribution in [1.82, 2.24) is 4.90 Å². The fourth-order valence-corrected chi connectivity index (χ4v) is 1.86. The lowest BCUT2D eigenvalue weighted by Crippen LogP contribution is -2.24. The molecule has 112 valence electrons. The van der Waals surface area contributed by atoms with Gasteiger partial charge in [-0.2, -0.15) is 0 Å². The zero-order chi connectivity index (χ0) is 15.3. The maximum absolute atomic E-state index is 14.0. The lowest BCUT2D eigenvalue weighted by atomic mass is 10.2. The first-order valence-corrected chi connectivity index (χ1v) is 6.33. The van der Waals surface area contributed by atoms with Gasteiger partial charge in [0.1, 0.15) is 5.69 Å². The van der Waals surface area contributed by atoms with Crippen LogP contribution in [0, 0.1) is 10.7 Å². The van der Waals surface area contributed by atoms with Crippen molar-refractivity contribution in [3.8, 4) is 0 Å². The molecule has 1 rings (SSSR count). The second-order valence-electron chi connectivity index (χ2n) is 4.88. The fraction of sp³-hybridized carbons (Fsp3) is 0.538. The molecule has 0 saturated heterocycles. The van der Waals surface area contributed by atoms with Crippen LogP contribution in [0.1, 0.15) is 6.42 Å². The van der Waals surface area contributed by atoms with E-state index in [0.29, 0.717) is 12.2 Å². The molecule has 0 amide bonds. The van der Waals surface area contributed by atoms with E-state index in [2.05, 4.69) is 9.74 Å². The van der Waals surface area contributed by atoms with Gasteiger partial charge in [0.15, 0.2) is 12.9 Å². The minimum Gasteiger partial charge on any atom is -0.393 e. The Hall–Kier alpha value is -1.89. The lowest BCUT2D eigenvalue weighted by molar-refractivity contribution is -0.736. The van der Waals surface area contributed by atoms with Gasteiger partial charge < -0.3 is 15.5 Å². The summed E-state index contributed by atoms with van der Waals surface area (Å²) >= 11 is 0. The fourth-order valence-electron chi connectivity index (χ4n) is 1.86. The molecule has 0 aliphatic rings. The highest BCUT2D eigenvalue weighted by Crippen LogP contribution is 2.30. The first kappa shape index (κ1) is 16.2. The standard InChI is InChI=1S/C13H22FN4O2/c1-16(2)6-5-7-17(3)12-9-11(15)13(8-10(12)14)18(19)20-4/h8-9H,5-7,15H2,1-4H3/q+1. The van der Waals surface area contributed by atoms with Crippen LogP contribution >= 0.6 is 0 Å². The average Bonchev–Trinajstić information content (AvgIpc) is 2.39. The minimum absolute atomic E-state index is 0.0320. The van der Waals surface area contributed by atoms with Crippen LogP contribution in [-0.2, 0) is 4.84 Å². The van der Waals surface area contributed by atoms with Crippen molar-refractivity contribution in [3.05, 3.63) is 22.9 Å². The summed E-state index contributed by atoms with van der Waals surface area (Å²) in [5.41, 5.74) is 6.27. The summed E-state index contributed by atoms with van der Waals surface area (Å²) in [6.07, 6.45) is 0.899. The molecule has 0 aliphatic carbocycles. The van der Waals surface area contributed by atoms with Crippen molar-refractivity contribution in [3.63, 3.8) is 0 Å². The Balaban J connectivity index is 2.86. The van der Waals surface area contributed by atoms with Crippen LogP contribution in [0.2, 0.25) is 0 Å². The molecule has 2 N–H and O–H groups in total. The van der Waals surface area contributed by atoms with Crippen LogP contribution in [0.3, 0.4) is 0 Å². The first-order valence-electron chi connectivity index (χ1n) is 6.33. The van der Waals surface area contributed by atoms with Gasteiger partial charge in [-0.05, 0) is 33.1 Å². The smallest absolute Gasteiger partial charge is 0.342 e. The molecule has 7 heteroatoms. The molecule has 0 bridgehead atoms. The molecule has 0 aliphatic heterocycles.